The molecule has 3 atom stereocenters. The molecule has 3 unspecified atom stereocenters. The highest BCUT2D eigenvalue weighted by Gasteiger charge is 2.42. The maximum Gasteiger partial charge on any atom is 0.0521 e. The highest BCUT2D eigenvalue weighted by molar-refractivity contribution is 4.92. The van der Waals surface area contributed by atoms with Gasteiger partial charge in [-0.1, -0.05) is 48.5 Å². The van der Waals surface area contributed by atoms with Gasteiger partial charge in [0.05, 0.1) is 6.61 Å². The lowest BCUT2D eigenvalue weighted by atomic mass is 9.62. The van der Waals surface area contributed by atoms with Gasteiger partial charge in [-0.05, 0) is 63.2 Å². The summed E-state index contributed by atoms with van der Waals surface area (Å²) in [6.07, 6.45) is 3.59. The van der Waals surface area contributed by atoms with Crippen molar-refractivity contribution in [2.75, 3.05) is 13.7 Å². The second kappa shape index (κ2) is 9.03. The zero-order valence-corrected chi connectivity index (χ0v) is 18.9. The van der Waals surface area contributed by atoms with Gasteiger partial charge in [-0.15, -0.1) is 0 Å². The summed E-state index contributed by atoms with van der Waals surface area (Å²) in [5.41, 5.74) is 0.827. The molecule has 0 aliphatic rings. The Labute approximate surface area is 153 Å². The second-order valence-electron chi connectivity index (χ2n) is 10.4. The Morgan fingerprint density at radius 3 is 1.62 bits per heavy atom. The normalized spacial score (nSPS) is 18.8. The van der Waals surface area contributed by atoms with Crippen molar-refractivity contribution >= 4 is 0 Å². The molecule has 0 saturated carbocycles. The molecule has 0 amide bonds. The lowest BCUT2D eigenvalue weighted by Gasteiger charge is -2.48. The van der Waals surface area contributed by atoms with Gasteiger partial charge in [0.2, 0.25) is 0 Å². The van der Waals surface area contributed by atoms with Crippen molar-refractivity contribution in [3.63, 3.8) is 0 Å². The van der Waals surface area contributed by atoms with Gasteiger partial charge in [0.25, 0.3) is 0 Å². The van der Waals surface area contributed by atoms with E-state index in [2.05, 4.69) is 81.1 Å². The standard InChI is InChI=1S/C22H47NO/c1-13-22(11,16-24-12)21(9,10)15-19(5)23(17(2)3)18(4)14-20(6,7)8/h17-19H,13-16H2,1-12H3. The van der Waals surface area contributed by atoms with Gasteiger partial charge in [0, 0.05) is 25.2 Å². The van der Waals surface area contributed by atoms with Crippen LogP contribution in [0.5, 0.6) is 0 Å². The van der Waals surface area contributed by atoms with Crippen LogP contribution in [0.1, 0.15) is 95.4 Å². The molecular formula is C22H47NO. The van der Waals surface area contributed by atoms with Gasteiger partial charge >= 0.3 is 0 Å². The molecule has 0 fully saturated rings. The van der Waals surface area contributed by atoms with Gasteiger partial charge in [0.15, 0.2) is 0 Å². The summed E-state index contributed by atoms with van der Waals surface area (Å²) in [7, 11) is 1.83. The molecule has 2 nitrogen and oxygen atoms in total. The van der Waals surface area contributed by atoms with Crippen LogP contribution < -0.4 is 0 Å². The van der Waals surface area contributed by atoms with E-state index in [0.29, 0.717) is 23.5 Å². The quantitative estimate of drug-likeness (QED) is 0.456. The Morgan fingerprint density at radius 2 is 1.29 bits per heavy atom. The summed E-state index contributed by atoms with van der Waals surface area (Å²) in [5.74, 6) is 0. The maximum absolute atomic E-state index is 5.57. The molecule has 0 heterocycles. The first kappa shape index (κ1) is 23.9. The molecular weight excluding hydrogens is 294 g/mol. The van der Waals surface area contributed by atoms with E-state index in [1.54, 1.807) is 0 Å². The first-order valence-electron chi connectivity index (χ1n) is 9.97. The molecule has 2 heteroatoms. The largest absolute Gasteiger partial charge is 0.384 e. The maximum atomic E-state index is 5.57. The van der Waals surface area contributed by atoms with Crippen molar-refractivity contribution in [3.05, 3.63) is 0 Å². The zero-order chi connectivity index (χ0) is 19.3. The van der Waals surface area contributed by atoms with Crippen LogP contribution in [0.3, 0.4) is 0 Å². The summed E-state index contributed by atoms with van der Waals surface area (Å²) in [5, 5.41) is 0. The van der Waals surface area contributed by atoms with E-state index < -0.39 is 0 Å². The minimum absolute atomic E-state index is 0.214. The Kier molecular flexibility index (Phi) is 9.00. The highest BCUT2D eigenvalue weighted by Crippen LogP contribution is 2.46. The van der Waals surface area contributed by atoms with Crippen LogP contribution in [0.2, 0.25) is 0 Å². The second-order valence-corrected chi connectivity index (χ2v) is 10.4. The van der Waals surface area contributed by atoms with E-state index in [1.807, 2.05) is 7.11 Å². The van der Waals surface area contributed by atoms with Gasteiger partial charge in [0.1, 0.15) is 0 Å². The van der Waals surface area contributed by atoms with Gasteiger partial charge < -0.3 is 4.74 Å². The fraction of sp³-hybridized carbons (Fsp3) is 1.00. The molecule has 0 aromatic carbocycles. The predicted octanol–water partition coefficient (Wildman–Crippen LogP) is 6.39. The molecule has 0 aromatic rings. The Bertz CT molecular complexity index is 355. The monoisotopic (exact) mass is 341 g/mol. The van der Waals surface area contributed by atoms with E-state index in [1.165, 1.54) is 12.8 Å². The number of hydrogen-bond acceptors (Lipinski definition) is 2. The zero-order valence-electron chi connectivity index (χ0n) is 18.9. The fourth-order valence-corrected chi connectivity index (χ4v) is 4.63. The molecule has 0 bridgehead atoms. The fourth-order valence-electron chi connectivity index (χ4n) is 4.63. The first-order valence-corrected chi connectivity index (χ1v) is 9.97. The lowest BCUT2D eigenvalue weighted by Crippen LogP contribution is -2.50. The van der Waals surface area contributed by atoms with Crippen LogP contribution in [0, 0.1) is 16.2 Å². The predicted molar refractivity (Wildman–Crippen MR) is 109 cm³/mol. The van der Waals surface area contributed by atoms with Crippen LogP contribution in [-0.4, -0.2) is 36.7 Å². The average Bonchev–Trinajstić information content (AvgIpc) is 2.35. The van der Waals surface area contributed by atoms with Crippen molar-refractivity contribution in [1.82, 2.24) is 4.90 Å². The van der Waals surface area contributed by atoms with Crippen LogP contribution in [0.15, 0.2) is 0 Å². The van der Waals surface area contributed by atoms with Crippen molar-refractivity contribution < 1.29 is 4.74 Å². The molecule has 24 heavy (non-hydrogen) atoms. The van der Waals surface area contributed by atoms with E-state index in [4.69, 9.17) is 4.74 Å². The number of ether oxygens (including phenoxy) is 1. The number of hydrogen-bond donors (Lipinski definition) is 0. The number of methoxy groups -OCH3 is 1. The molecule has 0 saturated heterocycles. The van der Waals surface area contributed by atoms with Crippen molar-refractivity contribution in [1.29, 1.82) is 0 Å². The van der Waals surface area contributed by atoms with Crippen molar-refractivity contribution in [3.8, 4) is 0 Å². The van der Waals surface area contributed by atoms with Crippen molar-refractivity contribution in [2.24, 2.45) is 16.2 Å². The molecule has 0 rings (SSSR count). The van der Waals surface area contributed by atoms with Crippen LogP contribution in [0.25, 0.3) is 0 Å². The van der Waals surface area contributed by atoms with E-state index >= 15 is 0 Å². The molecule has 0 aromatic heterocycles. The van der Waals surface area contributed by atoms with Crippen LogP contribution >= 0.6 is 0 Å². The highest BCUT2D eigenvalue weighted by atomic mass is 16.5. The minimum Gasteiger partial charge on any atom is -0.384 e. The third-order valence-corrected chi connectivity index (χ3v) is 6.20. The van der Waals surface area contributed by atoms with Gasteiger partial charge in [-0.25, -0.2) is 0 Å². The minimum atomic E-state index is 0.214. The molecule has 0 N–H and O–H groups in total. The summed E-state index contributed by atoms with van der Waals surface area (Å²) < 4.78 is 5.57. The third-order valence-electron chi connectivity index (χ3n) is 6.20. The van der Waals surface area contributed by atoms with E-state index in [0.717, 1.165) is 13.0 Å². The number of nitrogens with zero attached hydrogens (tertiary/aromatic N) is 1. The summed E-state index contributed by atoms with van der Waals surface area (Å²) in [6, 6.07) is 1.75. The van der Waals surface area contributed by atoms with Crippen LogP contribution in [0.4, 0.5) is 0 Å². The molecule has 146 valence electrons. The summed E-state index contributed by atoms with van der Waals surface area (Å²) in [4.78, 5) is 2.73. The lowest BCUT2D eigenvalue weighted by molar-refractivity contribution is -0.0331. The molecule has 0 aliphatic heterocycles. The summed E-state index contributed by atoms with van der Waals surface area (Å²) >= 11 is 0. The van der Waals surface area contributed by atoms with Crippen molar-refractivity contribution in [2.45, 2.75) is 114 Å². The van der Waals surface area contributed by atoms with E-state index in [-0.39, 0.29) is 10.8 Å². The smallest absolute Gasteiger partial charge is 0.0521 e. The molecule has 0 radical (unpaired) electrons. The third kappa shape index (κ3) is 6.67. The topological polar surface area (TPSA) is 12.5 Å². The number of rotatable bonds is 10. The first-order chi connectivity index (χ1) is 10.7. The van der Waals surface area contributed by atoms with Crippen LogP contribution in [-0.2, 0) is 4.74 Å². The Morgan fingerprint density at radius 1 is 0.833 bits per heavy atom. The Hall–Kier alpha value is -0.0800. The Balaban J connectivity index is 5.28. The SMILES string of the molecule is CCC(C)(COC)C(C)(C)CC(C)N(C(C)C)C(C)CC(C)(C)C. The molecule has 0 aliphatic carbocycles. The average molecular weight is 342 g/mol. The van der Waals surface area contributed by atoms with Gasteiger partial charge in [-0.2, -0.15) is 0 Å². The van der Waals surface area contributed by atoms with E-state index in [9.17, 15) is 0 Å². The molecule has 0 spiro atoms. The van der Waals surface area contributed by atoms with Gasteiger partial charge in [-0.3, -0.25) is 4.90 Å². The summed E-state index contributed by atoms with van der Waals surface area (Å²) in [6.45, 7) is 27.0.